The average Bonchev–Trinajstić information content (AvgIpc) is 2.71. The van der Waals surface area contributed by atoms with Gasteiger partial charge < -0.3 is 20.1 Å². The van der Waals surface area contributed by atoms with E-state index in [4.69, 9.17) is 9.84 Å². The largest absolute Gasteiger partial charge is 0.394 e. The molecule has 1 unspecified atom stereocenters. The van der Waals surface area contributed by atoms with Crippen LogP contribution in [0.3, 0.4) is 0 Å². The van der Waals surface area contributed by atoms with Crippen LogP contribution in [-0.2, 0) is 11.3 Å². The Balaban J connectivity index is 2.44. The molecule has 2 rings (SSSR count). The molecule has 1 aliphatic rings. The van der Waals surface area contributed by atoms with Gasteiger partial charge in [0, 0.05) is 18.8 Å². The quantitative estimate of drug-likeness (QED) is 0.541. The number of nitrogens with zero attached hydrogens (tertiary/aromatic N) is 2. The van der Waals surface area contributed by atoms with E-state index in [0.29, 0.717) is 0 Å². The van der Waals surface area contributed by atoms with Crippen LogP contribution < -0.4 is 11.2 Å². The smallest absolute Gasteiger partial charge is 0.333 e. The lowest BCUT2D eigenvalue weighted by atomic mass is 10.1. The minimum absolute atomic E-state index is 0.0211. The fourth-order valence-electron chi connectivity index (χ4n) is 2.13. The number of hydrogen-bond donors (Lipinski definition) is 3. The number of ether oxygens (including phenoxy) is 1. The summed E-state index contributed by atoms with van der Waals surface area (Å²) in [6.07, 6.45) is -2.25. The maximum Gasteiger partial charge on any atom is 0.333 e. The lowest BCUT2D eigenvalue weighted by molar-refractivity contribution is -0.0555. The van der Waals surface area contributed by atoms with Crippen LogP contribution in [0.5, 0.6) is 0 Å². The second-order valence-electron chi connectivity index (χ2n) is 4.47. The van der Waals surface area contributed by atoms with Crippen LogP contribution >= 0.6 is 0 Å². The van der Waals surface area contributed by atoms with Gasteiger partial charge in [-0.3, -0.25) is 13.9 Å². The van der Waals surface area contributed by atoms with E-state index in [0.717, 1.165) is 15.2 Å². The van der Waals surface area contributed by atoms with Gasteiger partial charge in [0.2, 0.25) is 0 Å². The van der Waals surface area contributed by atoms with E-state index in [1.807, 2.05) is 0 Å². The summed E-state index contributed by atoms with van der Waals surface area (Å²) in [5.74, 6) is 0. The zero-order valence-corrected chi connectivity index (χ0v) is 10.6. The molecule has 1 saturated heterocycles. The van der Waals surface area contributed by atoms with Crippen molar-refractivity contribution in [2.24, 2.45) is 0 Å². The summed E-state index contributed by atoms with van der Waals surface area (Å²) in [5, 5.41) is 28.6. The molecule has 1 fully saturated rings. The maximum atomic E-state index is 12.2. The molecule has 0 bridgehead atoms. The van der Waals surface area contributed by atoms with Crippen molar-refractivity contribution in [1.82, 2.24) is 9.13 Å². The van der Waals surface area contributed by atoms with Crippen molar-refractivity contribution in [3.8, 4) is 0 Å². The van der Waals surface area contributed by atoms with Crippen LogP contribution in [0.4, 0.5) is 0 Å². The Kier molecular flexibility index (Phi) is 4.19. The molecule has 2 heterocycles. The standard InChI is InChI=1S/C12H16N2O6/c1-2-4-13-8(16)3-5-14(12(13)19)11-10(18)9(17)7(6-15)20-11/h2-3,5,7,9-11,15,17-18H,1,4,6H2/t7-,9?,10+,11-/m1/s1. The highest BCUT2D eigenvalue weighted by atomic mass is 16.6. The first kappa shape index (κ1) is 14.7. The summed E-state index contributed by atoms with van der Waals surface area (Å²) in [4.78, 5) is 23.7. The number of hydrogen-bond acceptors (Lipinski definition) is 6. The molecule has 0 radical (unpaired) electrons. The molecule has 0 aromatic carbocycles. The molecule has 1 aliphatic heterocycles. The molecule has 0 spiro atoms. The van der Waals surface area contributed by atoms with Gasteiger partial charge in [-0.05, 0) is 0 Å². The second-order valence-corrected chi connectivity index (χ2v) is 4.47. The Morgan fingerprint density at radius 1 is 1.35 bits per heavy atom. The normalized spacial score (nSPS) is 29.6. The minimum atomic E-state index is -1.38. The number of allylic oxidation sites excluding steroid dienone is 1. The van der Waals surface area contributed by atoms with E-state index in [1.165, 1.54) is 12.3 Å². The van der Waals surface area contributed by atoms with E-state index < -0.39 is 42.4 Å². The van der Waals surface area contributed by atoms with Crippen molar-refractivity contribution in [1.29, 1.82) is 0 Å². The van der Waals surface area contributed by atoms with Crippen LogP contribution in [0.15, 0.2) is 34.5 Å². The van der Waals surface area contributed by atoms with Gasteiger partial charge in [-0.25, -0.2) is 4.79 Å². The van der Waals surface area contributed by atoms with Gasteiger partial charge in [-0.15, -0.1) is 6.58 Å². The van der Waals surface area contributed by atoms with Crippen LogP contribution in [0.25, 0.3) is 0 Å². The lowest BCUT2D eigenvalue weighted by Crippen LogP contribution is -2.42. The van der Waals surface area contributed by atoms with E-state index >= 15 is 0 Å². The Morgan fingerprint density at radius 2 is 2.05 bits per heavy atom. The fourth-order valence-corrected chi connectivity index (χ4v) is 2.13. The van der Waals surface area contributed by atoms with Crippen molar-refractivity contribution in [2.75, 3.05) is 6.61 Å². The summed E-state index contributed by atoms with van der Waals surface area (Å²) in [6.45, 7) is 2.99. The van der Waals surface area contributed by atoms with Crippen LogP contribution in [-0.4, -0.2) is 49.4 Å². The summed E-state index contributed by atoms with van der Waals surface area (Å²) >= 11 is 0. The Hall–Kier alpha value is -1.74. The molecule has 1 aromatic heterocycles. The first-order valence-corrected chi connectivity index (χ1v) is 6.06. The molecule has 20 heavy (non-hydrogen) atoms. The van der Waals surface area contributed by atoms with Gasteiger partial charge in [0.25, 0.3) is 5.56 Å². The predicted octanol–water partition coefficient (Wildman–Crippen LogP) is -2.19. The second kappa shape index (κ2) is 5.71. The third-order valence-electron chi connectivity index (χ3n) is 3.20. The topological polar surface area (TPSA) is 114 Å². The van der Waals surface area contributed by atoms with Crippen molar-refractivity contribution in [3.05, 3.63) is 45.8 Å². The minimum Gasteiger partial charge on any atom is -0.394 e. The summed E-state index contributed by atoms with van der Waals surface area (Å²) < 4.78 is 7.17. The van der Waals surface area contributed by atoms with E-state index in [-0.39, 0.29) is 6.54 Å². The van der Waals surface area contributed by atoms with E-state index in [9.17, 15) is 19.8 Å². The Labute approximate surface area is 113 Å². The first-order valence-electron chi connectivity index (χ1n) is 6.06. The number of aromatic nitrogens is 2. The van der Waals surface area contributed by atoms with Crippen LogP contribution in [0, 0.1) is 0 Å². The van der Waals surface area contributed by atoms with Crippen molar-refractivity contribution in [3.63, 3.8) is 0 Å². The van der Waals surface area contributed by atoms with Gasteiger partial charge in [-0.1, -0.05) is 6.08 Å². The van der Waals surface area contributed by atoms with Crippen LogP contribution in [0.1, 0.15) is 6.23 Å². The molecule has 4 atom stereocenters. The molecule has 0 amide bonds. The van der Waals surface area contributed by atoms with Crippen molar-refractivity contribution in [2.45, 2.75) is 31.1 Å². The fraction of sp³-hybridized carbons (Fsp3) is 0.500. The number of rotatable bonds is 4. The van der Waals surface area contributed by atoms with Crippen LogP contribution in [0.2, 0.25) is 0 Å². The van der Waals surface area contributed by atoms with Gasteiger partial charge in [-0.2, -0.15) is 0 Å². The highest BCUT2D eigenvalue weighted by Crippen LogP contribution is 2.27. The third-order valence-corrected chi connectivity index (χ3v) is 3.20. The van der Waals surface area contributed by atoms with Gasteiger partial charge in [0.05, 0.1) is 6.61 Å². The molecular formula is C12H16N2O6. The lowest BCUT2D eigenvalue weighted by Gasteiger charge is -2.18. The predicted molar refractivity (Wildman–Crippen MR) is 68.2 cm³/mol. The van der Waals surface area contributed by atoms with E-state index in [1.54, 1.807) is 0 Å². The average molecular weight is 284 g/mol. The van der Waals surface area contributed by atoms with Crippen molar-refractivity contribution >= 4 is 0 Å². The van der Waals surface area contributed by atoms with Gasteiger partial charge in [0.15, 0.2) is 6.23 Å². The van der Waals surface area contributed by atoms with E-state index in [2.05, 4.69) is 6.58 Å². The molecule has 110 valence electrons. The molecule has 3 N–H and O–H groups in total. The first-order chi connectivity index (χ1) is 9.51. The molecule has 1 aromatic rings. The Morgan fingerprint density at radius 3 is 2.60 bits per heavy atom. The molecule has 8 nitrogen and oxygen atoms in total. The molecular weight excluding hydrogens is 268 g/mol. The molecule has 0 aliphatic carbocycles. The number of aliphatic hydroxyl groups is 3. The summed E-state index contributed by atoms with van der Waals surface area (Å²) in [5.41, 5.74) is -1.19. The van der Waals surface area contributed by atoms with Gasteiger partial charge in [0.1, 0.15) is 18.3 Å². The monoisotopic (exact) mass is 284 g/mol. The third kappa shape index (κ3) is 2.34. The Bertz CT molecular complexity index is 607. The highest BCUT2D eigenvalue weighted by Gasteiger charge is 2.43. The zero-order valence-electron chi connectivity index (χ0n) is 10.6. The summed E-state index contributed by atoms with van der Waals surface area (Å²) in [6, 6.07) is 1.15. The number of aliphatic hydroxyl groups excluding tert-OH is 3. The zero-order chi connectivity index (χ0) is 14.9. The van der Waals surface area contributed by atoms with Gasteiger partial charge >= 0.3 is 5.69 Å². The summed E-state index contributed by atoms with van der Waals surface area (Å²) in [7, 11) is 0. The van der Waals surface area contributed by atoms with Crippen molar-refractivity contribution < 1.29 is 20.1 Å². The highest BCUT2D eigenvalue weighted by molar-refractivity contribution is 4.95. The molecule has 0 saturated carbocycles. The molecule has 8 heteroatoms. The maximum absolute atomic E-state index is 12.2. The SMILES string of the molecule is C=CCn1c(=O)ccn([C@@H]2O[C@H](CO)C(O)[C@@H]2O)c1=O.